The highest BCUT2D eigenvalue weighted by atomic mass is 32.2. The Balaban J connectivity index is 2.58. The lowest BCUT2D eigenvalue weighted by molar-refractivity contribution is -0.121. The van der Waals surface area contributed by atoms with Crippen LogP contribution in [0.5, 0.6) is 0 Å². The number of amides is 1. The summed E-state index contributed by atoms with van der Waals surface area (Å²) in [5, 5.41) is 5.77. The van der Waals surface area contributed by atoms with E-state index < -0.39 is 0 Å². The maximum atomic E-state index is 11.6. The summed E-state index contributed by atoms with van der Waals surface area (Å²) >= 11 is 1.67. The molecule has 90 valence electrons. The molecule has 0 saturated heterocycles. The summed E-state index contributed by atoms with van der Waals surface area (Å²) < 4.78 is 0. The smallest absolute Gasteiger partial charge is 0.242 e. The highest BCUT2D eigenvalue weighted by Gasteiger charge is 2.11. The van der Waals surface area contributed by atoms with Crippen LogP contribution in [0.15, 0.2) is 29.2 Å². The lowest BCUT2D eigenvalue weighted by Gasteiger charge is -2.14. The number of hydrogen-bond acceptors (Lipinski definition) is 3. The number of thioether (sulfide) groups is 1. The van der Waals surface area contributed by atoms with E-state index in [-0.39, 0.29) is 18.5 Å². The molecule has 0 bridgehead atoms. The van der Waals surface area contributed by atoms with Gasteiger partial charge in [0.2, 0.25) is 5.91 Å². The molecule has 4 heteroatoms. The lowest BCUT2D eigenvalue weighted by atomic mass is 10.2. The molecule has 1 amide bonds. The first-order chi connectivity index (χ1) is 8.17. The van der Waals surface area contributed by atoms with Crippen molar-refractivity contribution in [2.24, 2.45) is 0 Å². The third-order valence-corrected chi connectivity index (χ3v) is 2.94. The van der Waals surface area contributed by atoms with Gasteiger partial charge >= 0.3 is 0 Å². The molecule has 3 nitrogen and oxygen atoms in total. The fourth-order valence-corrected chi connectivity index (χ4v) is 1.78. The molecular weight excluding hydrogens is 232 g/mol. The minimum absolute atomic E-state index is 0.0995. The molecule has 0 radical (unpaired) electrons. The van der Waals surface area contributed by atoms with E-state index in [1.165, 1.54) is 0 Å². The molecular formula is C13H16N2OS. The van der Waals surface area contributed by atoms with Gasteiger partial charge in [-0.25, -0.2) is 0 Å². The van der Waals surface area contributed by atoms with Gasteiger partial charge in [0.1, 0.15) is 6.04 Å². The number of anilines is 1. The van der Waals surface area contributed by atoms with Gasteiger partial charge in [0.15, 0.2) is 0 Å². The number of terminal acetylenes is 1. The quantitative estimate of drug-likeness (QED) is 0.618. The van der Waals surface area contributed by atoms with Crippen LogP contribution in [-0.4, -0.2) is 24.7 Å². The van der Waals surface area contributed by atoms with Gasteiger partial charge in [-0.15, -0.1) is 18.2 Å². The lowest BCUT2D eigenvalue weighted by Crippen LogP contribution is -2.37. The van der Waals surface area contributed by atoms with E-state index in [2.05, 4.69) is 16.6 Å². The van der Waals surface area contributed by atoms with E-state index in [0.717, 1.165) is 10.6 Å². The van der Waals surface area contributed by atoms with Crippen LogP contribution in [0.25, 0.3) is 0 Å². The Hall–Kier alpha value is -1.60. The number of carbonyl (C=O) groups is 1. The third-order valence-electron chi connectivity index (χ3n) is 2.21. The number of nitrogens with one attached hydrogen (secondary N) is 2. The maximum absolute atomic E-state index is 11.6. The summed E-state index contributed by atoms with van der Waals surface area (Å²) in [4.78, 5) is 12.7. The molecule has 0 fully saturated rings. The average Bonchev–Trinajstić information content (AvgIpc) is 2.36. The van der Waals surface area contributed by atoms with Gasteiger partial charge in [0, 0.05) is 10.6 Å². The van der Waals surface area contributed by atoms with E-state index >= 15 is 0 Å². The van der Waals surface area contributed by atoms with Crippen LogP contribution in [0.1, 0.15) is 6.92 Å². The number of hydrogen-bond donors (Lipinski definition) is 2. The van der Waals surface area contributed by atoms with E-state index in [1.54, 1.807) is 18.7 Å². The van der Waals surface area contributed by atoms with Gasteiger partial charge in [0.05, 0.1) is 6.54 Å². The molecule has 0 aliphatic heterocycles. The Kier molecular flexibility index (Phi) is 5.44. The van der Waals surface area contributed by atoms with Crippen LogP contribution in [0, 0.1) is 12.3 Å². The topological polar surface area (TPSA) is 41.1 Å². The third kappa shape index (κ3) is 4.41. The normalized spacial score (nSPS) is 11.4. The second kappa shape index (κ2) is 6.87. The van der Waals surface area contributed by atoms with Crippen molar-refractivity contribution in [3.8, 4) is 12.3 Å². The summed E-state index contributed by atoms with van der Waals surface area (Å²) in [5.41, 5.74) is 0.931. The van der Waals surface area contributed by atoms with E-state index in [4.69, 9.17) is 6.42 Å². The maximum Gasteiger partial charge on any atom is 0.242 e. The predicted octanol–water partition coefficient (Wildman–Crippen LogP) is 1.96. The van der Waals surface area contributed by atoms with E-state index in [9.17, 15) is 4.79 Å². The molecule has 0 aromatic heterocycles. The standard InChI is InChI=1S/C13H16N2OS/c1-4-8-14-13(16)10(2)15-11-6-5-7-12(9-11)17-3/h1,5-7,9-10,15H,8H2,2-3H3,(H,14,16). The number of rotatable bonds is 5. The first kappa shape index (κ1) is 13.5. The summed E-state index contributed by atoms with van der Waals surface area (Å²) in [6.07, 6.45) is 7.10. The Bertz CT molecular complexity index is 426. The molecule has 0 heterocycles. The minimum atomic E-state index is -0.305. The van der Waals surface area contributed by atoms with Crippen molar-refractivity contribution in [3.63, 3.8) is 0 Å². The van der Waals surface area contributed by atoms with Gasteiger partial charge < -0.3 is 10.6 Å². The van der Waals surface area contributed by atoms with E-state index in [0.29, 0.717) is 0 Å². The van der Waals surface area contributed by atoms with Crippen molar-refractivity contribution in [2.75, 3.05) is 18.1 Å². The summed E-state index contributed by atoms with van der Waals surface area (Å²) in [6, 6.07) is 7.62. The van der Waals surface area contributed by atoms with Crippen LogP contribution in [0.2, 0.25) is 0 Å². The fraction of sp³-hybridized carbons (Fsp3) is 0.308. The van der Waals surface area contributed by atoms with Crippen molar-refractivity contribution in [1.29, 1.82) is 0 Å². The molecule has 1 aromatic rings. The summed E-state index contributed by atoms with van der Waals surface area (Å²) in [7, 11) is 0. The Morgan fingerprint density at radius 2 is 2.35 bits per heavy atom. The molecule has 1 atom stereocenters. The summed E-state index contributed by atoms with van der Waals surface area (Å²) in [5.74, 6) is 2.27. The molecule has 0 spiro atoms. The zero-order valence-electron chi connectivity index (χ0n) is 9.99. The van der Waals surface area contributed by atoms with Crippen molar-refractivity contribution in [1.82, 2.24) is 5.32 Å². The van der Waals surface area contributed by atoms with Crippen molar-refractivity contribution < 1.29 is 4.79 Å². The molecule has 17 heavy (non-hydrogen) atoms. The van der Waals surface area contributed by atoms with Gasteiger partial charge in [0.25, 0.3) is 0 Å². The molecule has 0 aliphatic carbocycles. The second-order valence-corrected chi connectivity index (χ2v) is 4.40. The monoisotopic (exact) mass is 248 g/mol. The van der Waals surface area contributed by atoms with Crippen molar-refractivity contribution in [2.45, 2.75) is 17.9 Å². The number of carbonyl (C=O) groups excluding carboxylic acids is 1. The average molecular weight is 248 g/mol. The highest BCUT2D eigenvalue weighted by Crippen LogP contribution is 2.19. The van der Waals surface area contributed by atoms with Gasteiger partial charge in [-0.05, 0) is 31.4 Å². The molecule has 0 aliphatic rings. The minimum Gasteiger partial charge on any atom is -0.374 e. The zero-order valence-corrected chi connectivity index (χ0v) is 10.8. The van der Waals surface area contributed by atoms with Crippen molar-refractivity contribution in [3.05, 3.63) is 24.3 Å². The second-order valence-electron chi connectivity index (χ2n) is 3.52. The molecule has 1 unspecified atom stereocenters. The molecule has 1 rings (SSSR count). The highest BCUT2D eigenvalue weighted by molar-refractivity contribution is 7.98. The molecule has 2 N–H and O–H groups in total. The first-order valence-corrected chi connectivity index (χ1v) is 6.51. The predicted molar refractivity (Wildman–Crippen MR) is 73.2 cm³/mol. The Labute approximate surface area is 106 Å². The van der Waals surface area contributed by atoms with Gasteiger partial charge in [-0.1, -0.05) is 12.0 Å². The van der Waals surface area contributed by atoms with Crippen LogP contribution in [-0.2, 0) is 4.79 Å². The molecule has 1 aromatic carbocycles. The number of benzene rings is 1. The van der Waals surface area contributed by atoms with Crippen molar-refractivity contribution >= 4 is 23.4 Å². The zero-order chi connectivity index (χ0) is 12.7. The Morgan fingerprint density at radius 1 is 1.59 bits per heavy atom. The van der Waals surface area contributed by atoms with E-state index in [1.807, 2.05) is 30.5 Å². The van der Waals surface area contributed by atoms with Gasteiger partial charge in [-0.2, -0.15) is 0 Å². The van der Waals surface area contributed by atoms with Crippen LogP contribution < -0.4 is 10.6 Å². The fourth-order valence-electron chi connectivity index (χ4n) is 1.32. The van der Waals surface area contributed by atoms with Crippen LogP contribution >= 0.6 is 11.8 Å². The van der Waals surface area contributed by atoms with Gasteiger partial charge in [-0.3, -0.25) is 4.79 Å². The summed E-state index contributed by atoms with van der Waals surface area (Å²) in [6.45, 7) is 2.06. The Morgan fingerprint density at radius 3 is 3.00 bits per heavy atom. The van der Waals surface area contributed by atoms with Crippen LogP contribution in [0.4, 0.5) is 5.69 Å². The molecule has 0 saturated carbocycles. The van der Waals surface area contributed by atoms with Crippen LogP contribution in [0.3, 0.4) is 0 Å². The SMILES string of the molecule is C#CCNC(=O)C(C)Nc1cccc(SC)c1. The largest absolute Gasteiger partial charge is 0.374 e. The first-order valence-electron chi connectivity index (χ1n) is 5.29.